The van der Waals surface area contributed by atoms with Crippen molar-refractivity contribution in [3.05, 3.63) is 46.5 Å². The zero-order valence-corrected chi connectivity index (χ0v) is 18.6. The molecule has 2 rings (SSSR count). The van der Waals surface area contributed by atoms with Gasteiger partial charge in [0.05, 0.1) is 31.2 Å². The van der Waals surface area contributed by atoms with Crippen molar-refractivity contribution < 1.29 is 22.7 Å². The smallest absolute Gasteiger partial charge is 0.245 e. The van der Waals surface area contributed by atoms with Crippen LogP contribution in [0.4, 0.5) is 11.4 Å². The molecule has 0 spiro atoms. The second-order valence-electron chi connectivity index (χ2n) is 6.44. The number of rotatable bonds is 8. The van der Waals surface area contributed by atoms with Crippen LogP contribution in [0.2, 0.25) is 5.02 Å². The lowest BCUT2D eigenvalue weighted by Crippen LogP contribution is -2.38. The second-order valence-corrected chi connectivity index (χ2v) is 8.75. The summed E-state index contributed by atoms with van der Waals surface area (Å²) in [6.07, 6.45) is 1.75. The fourth-order valence-corrected chi connectivity index (χ4v) is 4.01. The Labute approximate surface area is 176 Å². The normalized spacial score (nSPS) is 11.1. The third-order valence-corrected chi connectivity index (χ3v) is 5.84. The summed E-state index contributed by atoms with van der Waals surface area (Å²) in [6.45, 7) is 3.44. The molecule has 0 aliphatic rings. The molecule has 158 valence electrons. The van der Waals surface area contributed by atoms with Crippen LogP contribution in [0.1, 0.15) is 18.1 Å². The molecule has 0 radical (unpaired) electrons. The molecule has 0 heterocycles. The molecule has 0 saturated heterocycles. The van der Waals surface area contributed by atoms with Crippen molar-refractivity contribution in [3.8, 4) is 11.5 Å². The van der Waals surface area contributed by atoms with E-state index in [0.29, 0.717) is 5.69 Å². The van der Waals surface area contributed by atoms with E-state index in [0.717, 1.165) is 28.1 Å². The number of amides is 1. The van der Waals surface area contributed by atoms with Crippen LogP contribution in [-0.4, -0.2) is 41.3 Å². The minimum absolute atomic E-state index is 0.159. The first-order valence-corrected chi connectivity index (χ1v) is 11.1. The van der Waals surface area contributed by atoms with E-state index in [-0.39, 0.29) is 22.2 Å². The minimum Gasteiger partial charge on any atom is -0.495 e. The molecule has 0 aromatic heterocycles. The van der Waals surface area contributed by atoms with Crippen LogP contribution in [0.25, 0.3) is 0 Å². The number of methoxy groups -OCH3 is 2. The number of ether oxygens (including phenoxy) is 2. The van der Waals surface area contributed by atoms with Gasteiger partial charge in [0, 0.05) is 17.8 Å². The van der Waals surface area contributed by atoms with Crippen LogP contribution in [-0.2, 0) is 21.2 Å². The Morgan fingerprint density at radius 1 is 1.17 bits per heavy atom. The second kappa shape index (κ2) is 9.37. The SMILES string of the molecule is CCc1cccc(C)c1NC(=O)CN(c1cc(OC)c(Cl)cc1OC)S(C)(=O)=O. The summed E-state index contributed by atoms with van der Waals surface area (Å²) in [4.78, 5) is 12.8. The Hall–Kier alpha value is -2.45. The van der Waals surface area contributed by atoms with E-state index >= 15 is 0 Å². The molecule has 7 nitrogen and oxygen atoms in total. The summed E-state index contributed by atoms with van der Waals surface area (Å²) in [7, 11) is -1.000. The van der Waals surface area contributed by atoms with E-state index in [1.54, 1.807) is 0 Å². The van der Waals surface area contributed by atoms with Gasteiger partial charge in [-0.25, -0.2) is 8.42 Å². The largest absolute Gasteiger partial charge is 0.495 e. The Bertz CT molecular complexity index is 1010. The van der Waals surface area contributed by atoms with Gasteiger partial charge in [-0.3, -0.25) is 9.10 Å². The Kier molecular flexibility index (Phi) is 7.37. The molecule has 0 bridgehead atoms. The first-order valence-electron chi connectivity index (χ1n) is 8.89. The van der Waals surface area contributed by atoms with E-state index in [9.17, 15) is 13.2 Å². The third-order valence-electron chi connectivity index (χ3n) is 4.41. The minimum atomic E-state index is -3.81. The molecule has 0 aliphatic heterocycles. The number of para-hydroxylation sites is 1. The van der Waals surface area contributed by atoms with E-state index in [1.807, 2.05) is 32.0 Å². The van der Waals surface area contributed by atoms with Crippen molar-refractivity contribution in [3.63, 3.8) is 0 Å². The molecule has 1 amide bonds. The van der Waals surface area contributed by atoms with Crippen molar-refractivity contribution >= 4 is 38.9 Å². The van der Waals surface area contributed by atoms with E-state index in [4.69, 9.17) is 21.1 Å². The number of hydrogen-bond acceptors (Lipinski definition) is 5. The van der Waals surface area contributed by atoms with Gasteiger partial charge in [0.2, 0.25) is 15.9 Å². The number of carbonyl (C=O) groups is 1. The number of hydrogen-bond donors (Lipinski definition) is 1. The highest BCUT2D eigenvalue weighted by molar-refractivity contribution is 7.92. The van der Waals surface area contributed by atoms with Gasteiger partial charge in [0.1, 0.15) is 18.0 Å². The number of anilines is 2. The van der Waals surface area contributed by atoms with Gasteiger partial charge in [-0.2, -0.15) is 0 Å². The van der Waals surface area contributed by atoms with Gasteiger partial charge < -0.3 is 14.8 Å². The first-order chi connectivity index (χ1) is 13.6. The zero-order chi connectivity index (χ0) is 21.8. The van der Waals surface area contributed by atoms with Gasteiger partial charge in [-0.1, -0.05) is 36.7 Å². The lowest BCUT2D eigenvalue weighted by atomic mass is 10.1. The average Bonchev–Trinajstić information content (AvgIpc) is 2.66. The van der Waals surface area contributed by atoms with Crippen molar-refractivity contribution in [2.45, 2.75) is 20.3 Å². The molecule has 0 saturated carbocycles. The Balaban J connectivity index is 2.43. The molecule has 0 aliphatic carbocycles. The number of sulfonamides is 1. The summed E-state index contributed by atoms with van der Waals surface area (Å²) in [5, 5.41) is 3.10. The van der Waals surface area contributed by atoms with Gasteiger partial charge >= 0.3 is 0 Å². The number of halogens is 1. The summed E-state index contributed by atoms with van der Waals surface area (Å²) in [6, 6.07) is 8.60. The molecule has 0 fully saturated rings. The topological polar surface area (TPSA) is 84.9 Å². The highest BCUT2D eigenvalue weighted by Crippen LogP contribution is 2.39. The lowest BCUT2D eigenvalue weighted by molar-refractivity contribution is -0.114. The van der Waals surface area contributed by atoms with E-state index in [2.05, 4.69) is 5.32 Å². The van der Waals surface area contributed by atoms with Crippen molar-refractivity contribution in [2.75, 3.05) is 36.6 Å². The molecular formula is C20H25ClN2O5S. The highest BCUT2D eigenvalue weighted by atomic mass is 35.5. The number of nitrogens with zero attached hydrogens (tertiary/aromatic N) is 1. The van der Waals surface area contributed by atoms with E-state index in [1.165, 1.54) is 26.4 Å². The Morgan fingerprint density at radius 2 is 1.83 bits per heavy atom. The molecule has 1 N–H and O–H groups in total. The number of carbonyl (C=O) groups excluding carboxylic acids is 1. The average molecular weight is 441 g/mol. The molecule has 2 aromatic rings. The summed E-state index contributed by atoms with van der Waals surface area (Å²) in [5.74, 6) is -0.00161. The predicted octanol–water partition coefficient (Wildman–Crippen LogP) is 3.63. The van der Waals surface area contributed by atoms with Crippen LogP contribution < -0.4 is 19.1 Å². The summed E-state index contributed by atoms with van der Waals surface area (Å²) >= 11 is 6.11. The summed E-state index contributed by atoms with van der Waals surface area (Å²) < 4.78 is 36.4. The Morgan fingerprint density at radius 3 is 2.38 bits per heavy atom. The molecular weight excluding hydrogens is 416 g/mol. The number of aryl methyl sites for hydroxylation is 2. The molecule has 0 atom stereocenters. The standard InChI is InChI=1S/C20H25ClN2O5S/c1-6-14-9-7-8-13(2)20(14)22-19(24)12-23(29(5,25)26)16-11-17(27-3)15(21)10-18(16)28-4/h7-11H,6,12H2,1-5H3,(H,22,24). The molecule has 2 aromatic carbocycles. The number of benzene rings is 2. The quantitative estimate of drug-likeness (QED) is 0.677. The number of nitrogens with one attached hydrogen (secondary N) is 1. The van der Waals surface area contributed by atoms with Gasteiger partial charge in [-0.05, 0) is 24.5 Å². The van der Waals surface area contributed by atoms with Crippen molar-refractivity contribution in [1.82, 2.24) is 0 Å². The van der Waals surface area contributed by atoms with Gasteiger partial charge in [-0.15, -0.1) is 0 Å². The highest BCUT2D eigenvalue weighted by Gasteiger charge is 2.26. The maximum Gasteiger partial charge on any atom is 0.245 e. The predicted molar refractivity (Wildman–Crippen MR) is 116 cm³/mol. The van der Waals surface area contributed by atoms with Crippen LogP contribution in [0, 0.1) is 6.92 Å². The van der Waals surface area contributed by atoms with Crippen molar-refractivity contribution in [2.24, 2.45) is 0 Å². The van der Waals surface area contributed by atoms with E-state index < -0.39 is 22.5 Å². The van der Waals surface area contributed by atoms with Crippen LogP contribution >= 0.6 is 11.6 Å². The van der Waals surface area contributed by atoms with Crippen molar-refractivity contribution in [1.29, 1.82) is 0 Å². The molecule has 9 heteroatoms. The lowest BCUT2D eigenvalue weighted by Gasteiger charge is -2.25. The first kappa shape index (κ1) is 22.8. The van der Waals surface area contributed by atoms with Gasteiger partial charge in [0.15, 0.2) is 0 Å². The molecule has 29 heavy (non-hydrogen) atoms. The summed E-state index contributed by atoms with van der Waals surface area (Å²) in [5.41, 5.74) is 2.71. The van der Waals surface area contributed by atoms with Crippen LogP contribution in [0.5, 0.6) is 11.5 Å². The fourth-order valence-electron chi connectivity index (χ4n) is 2.93. The third kappa shape index (κ3) is 5.33. The monoisotopic (exact) mass is 440 g/mol. The van der Waals surface area contributed by atoms with Gasteiger partial charge in [0.25, 0.3) is 0 Å². The molecule has 0 unspecified atom stereocenters. The maximum atomic E-state index is 12.8. The fraction of sp³-hybridized carbons (Fsp3) is 0.350. The zero-order valence-electron chi connectivity index (χ0n) is 17.1. The maximum absolute atomic E-state index is 12.8. The van der Waals surface area contributed by atoms with Crippen LogP contribution in [0.15, 0.2) is 30.3 Å². The van der Waals surface area contributed by atoms with Crippen LogP contribution in [0.3, 0.4) is 0 Å².